The van der Waals surface area contributed by atoms with Gasteiger partial charge >= 0.3 is 0 Å². The molecule has 0 unspecified atom stereocenters. The van der Waals surface area contributed by atoms with Crippen molar-refractivity contribution in [1.29, 1.82) is 0 Å². The van der Waals surface area contributed by atoms with E-state index in [4.69, 9.17) is 9.25 Å². The topological polar surface area (TPSA) is 34.7 Å². The molecular formula is C6H5NO2. The summed E-state index contributed by atoms with van der Waals surface area (Å²) in [6, 6.07) is 0. The van der Waals surface area contributed by atoms with Crippen LogP contribution in [0.2, 0.25) is 0 Å². The zero-order chi connectivity index (χ0) is 6.10. The average molecular weight is 123 g/mol. The van der Waals surface area contributed by atoms with Crippen molar-refractivity contribution in [2.45, 2.75) is 6.61 Å². The van der Waals surface area contributed by atoms with E-state index in [1.807, 2.05) is 0 Å². The summed E-state index contributed by atoms with van der Waals surface area (Å²) in [5.41, 5.74) is 2.08. The van der Waals surface area contributed by atoms with E-state index < -0.39 is 0 Å². The number of rotatable bonds is 0. The van der Waals surface area contributed by atoms with Crippen LogP contribution in [-0.2, 0) is 11.4 Å². The third kappa shape index (κ3) is 0.614. The van der Waals surface area contributed by atoms with E-state index in [2.05, 4.69) is 5.16 Å². The van der Waals surface area contributed by atoms with Gasteiger partial charge in [0.25, 0.3) is 0 Å². The van der Waals surface area contributed by atoms with E-state index >= 15 is 0 Å². The Bertz CT molecular complexity index is 239. The second-order valence-electron chi connectivity index (χ2n) is 1.86. The number of furan rings is 1. The summed E-state index contributed by atoms with van der Waals surface area (Å²) in [5, 5.41) is 3.61. The van der Waals surface area contributed by atoms with Crippen molar-refractivity contribution in [3.63, 3.8) is 0 Å². The molecule has 0 spiro atoms. The van der Waals surface area contributed by atoms with Gasteiger partial charge in [-0.3, -0.25) is 0 Å². The van der Waals surface area contributed by atoms with E-state index in [1.54, 1.807) is 18.7 Å². The van der Waals surface area contributed by atoms with Crippen LogP contribution in [0.5, 0.6) is 0 Å². The minimum Gasteiger partial charge on any atom is -0.471 e. The van der Waals surface area contributed by atoms with Gasteiger partial charge in [-0.05, 0) is 0 Å². The molecule has 0 aromatic carbocycles. The van der Waals surface area contributed by atoms with E-state index in [0.29, 0.717) is 6.61 Å². The summed E-state index contributed by atoms with van der Waals surface area (Å²) in [5.74, 6) is 0. The maximum absolute atomic E-state index is 4.90. The number of hydrogen-bond acceptors (Lipinski definition) is 3. The second kappa shape index (κ2) is 1.62. The molecule has 1 aliphatic rings. The molecule has 2 rings (SSSR count). The van der Waals surface area contributed by atoms with Crippen LogP contribution in [-0.4, -0.2) is 6.21 Å². The minimum absolute atomic E-state index is 0.530. The fourth-order valence-electron chi connectivity index (χ4n) is 0.765. The summed E-state index contributed by atoms with van der Waals surface area (Å²) in [4.78, 5) is 4.76. The van der Waals surface area contributed by atoms with Gasteiger partial charge in [-0.1, -0.05) is 5.16 Å². The van der Waals surface area contributed by atoms with Gasteiger partial charge in [0.1, 0.15) is 6.61 Å². The van der Waals surface area contributed by atoms with Crippen LogP contribution < -0.4 is 0 Å². The van der Waals surface area contributed by atoms with Crippen LogP contribution >= 0.6 is 0 Å². The van der Waals surface area contributed by atoms with Crippen LogP contribution in [0.1, 0.15) is 11.1 Å². The molecule has 9 heavy (non-hydrogen) atoms. The summed E-state index contributed by atoms with van der Waals surface area (Å²) in [7, 11) is 0. The largest absolute Gasteiger partial charge is 0.471 e. The molecule has 0 aliphatic carbocycles. The van der Waals surface area contributed by atoms with Gasteiger partial charge in [0.05, 0.1) is 18.7 Å². The highest BCUT2D eigenvalue weighted by atomic mass is 16.6. The van der Waals surface area contributed by atoms with Gasteiger partial charge in [-0.15, -0.1) is 0 Å². The Kier molecular flexibility index (Phi) is 0.828. The molecule has 0 saturated carbocycles. The summed E-state index contributed by atoms with van der Waals surface area (Å²) in [6.07, 6.45) is 4.96. The predicted molar refractivity (Wildman–Crippen MR) is 31.1 cm³/mol. The molecule has 0 atom stereocenters. The Morgan fingerprint density at radius 1 is 1.44 bits per heavy atom. The average Bonchev–Trinajstić information content (AvgIpc) is 2.33. The SMILES string of the molecule is C1=NOCc2cocc21. The van der Waals surface area contributed by atoms with Crippen LogP contribution in [0.15, 0.2) is 22.1 Å². The normalized spacial score (nSPS) is 14.7. The maximum Gasteiger partial charge on any atom is 0.146 e. The van der Waals surface area contributed by atoms with Gasteiger partial charge in [0.15, 0.2) is 0 Å². The zero-order valence-electron chi connectivity index (χ0n) is 4.70. The van der Waals surface area contributed by atoms with Gasteiger partial charge in [0, 0.05) is 11.1 Å². The van der Waals surface area contributed by atoms with Crippen LogP contribution in [0.4, 0.5) is 0 Å². The van der Waals surface area contributed by atoms with Crippen molar-refractivity contribution in [2.24, 2.45) is 5.16 Å². The van der Waals surface area contributed by atoms with Crippen molar-refractivity contribution >= 4 is 6.21 Å². The molecule has 46 valence electrons. The van der Waals surface area contributed by atoms with Gasteiger partial charge in [-0.2, -0.15) is 0 Å². The molecule has 0 amide bonds. The number of fused-ring (bicyclic) bond motifs is 1. The highest BCUT2D eigenvalue weighted by Crippen LogP contribution is 2.12. The third-order valence-electron chi connectivity index (χ3n) is 1.26. The molecule has 0 saturated heterocycles. The molecule has 2 heterocycles. The van der Waals surface area contributed by atoms with Crippen LogP contribution in [0, 0.1) is 0 Å². The maximum atomic E-state index is 4.90. The first-order valence-corrected chi connectivity index (χ1v) is 2.67. The van der Waals surface area contributed by atoms with Gasteiger partial charge in [-0.25, -0.2) is 0 Å². The Morgan fingerprint density at radius 2 is 2.44 bits per heavy atom. The highest BCUT2D eigenvalue weighted by molar-refractivity contribution is 5.81. The molecule has 0 fully saturated rings. The Morgan fingerprint density at radius 3 is 3.33 bits per heavy atom. The lowest BCUT2D eigenvalue weighted by Gasteiger charge is -2.01. The molecular weight excluding hydrogens is 118 g/mol. The van der Waals surface area contributed by atoms with E-state index in [9.17, 15) is 0 Å². The van der Waals surface area contributed by atoms with Crippen molar-refractivity contribution < 1.29 is 9.25 Å². The lowest BCUT2D eigenvalue weighted by Crippen LogP contribution is -1.95. The molecule has 0 bridgehead atoms. The monoisotopic (exact) mass is 123 g/mol. The highest BCUT2D eigenvalue weighted by Gasteiger charge is 2.06. The van der Waals surface area contributed by atoms with Gasteiger partial charge in [0.2, 0.25) is 0 Å². The first-order chi connectivity index (χ1) is 4.47. The first kappa shape index (κ1) is 4.61. The van der Waals surface area contributed by atoms with E-state index in [1.165, 1.54) is 0 Å². The molecule has 1 aliphatic heterocycles. The zero-order valence-corrected chi connectivity index (χ0v) is 4.70. The quantitative estimate of drug-likeness (QED) is 0.518. The second-order valence-corrected chi connectivity index (χ2v) is 1.86. The Labute approximate surface area is 51.9 Å². The van der Waals surface area contributed by atoms with Crippen molar-refractivity contribution in [3.05, 3.63) is 23.7 Å². The lowest BCUT2D eigenvalue weighted by atomic mass is 10.2. The fourth-order valence-corrected chi connectivity index (χ4v) is 0.765. The Balaban J connectivity index is 2.53. The third-order valence-corrected chi connectivity index (χ3v) is 1.26. The van der Waals surface area contributed by atoms with E-state index in [0.717, 1.165) is 11.1 Å². The predicted octanol–water partition coefficient (Wildman–Crippen LogP) is 1.14. The smallest absolute Gasteiger partial charge is 0.146 e. The molecule has 0 N–H and O–H groups in total. The van der Waals surface area contributed by atoms with Gasteiger partial charge < -0.3 is 9.25 Å². The first-order valence-electron chi connectivity index (χ1n) is 2.67. The minimum atomic E-state index is 0.530. The van der Waals surface area contributed by atoms with Crippen molar-refractivity contribution in [2.75, 3.05) is 0 Å². The number of nitrogens with zero attached hydrogens (tertiary/aromatic N) is 1. The summed E-state index contributed by atoms with van der Waals surface area (Å²) in [6.45, 7) is 0.530. The fraction of sp³-hybridized carbons (Fsp3) is 0.167. The molecule has 3 heteroatoms. The number of hydrogen-bond donors (Lipinski definition) is 0. The summed E-state index contributed by atoms with van der Waals surface area (Å²) >= 11 is 0. The van der Waals surface area contributed by atoms with Crippen molar-refractivity contribution in [3.8, 4) is 0 Å². The lowest BCUT2D eigenvalue weighted by molar-refractivity contribution is 0.128. The molecule has 1 aromatic heterocycles. The van der Waals surface area contributed by atoms with Crippen LogP contribution in [0.25, 0.3) is 0 Å². The standard InChI is InChI=1S/C6H5NO2/c1-5-2-8-3-6(5)4-9-7-1/h1-3H,4H2. The van der Waals surface area contributed by atoms with Crippen LogP contribution in [0.3, 0.4) is 0 Å². The Hall–Kier alpha value is -1.25. The van der Waals surface area contributed by atoms with Crippen molar-refractivity contribution in [1.82, 2.24) is 0 Å². The molecule has 0 radical (unpaired) electrons. The number of oxime groups is 1. The molecule has 3 nitrogen and oxygen atoms in total. The molecule has 1 aromatic rings. The van der Waals surface area contributed by atoms with E-state index in [-0.39, 0.29) is 0 Å². The summed E-state index contributed by atoms with van der Waals surface area (Å²) < 4.78 is 4.90.